The summed E-state index contributed by atoms with van der Waals surface area (Å²) in [6, 6.07) is 11.5. The summed E-state index contributed by atoms with van der Waals surface area (Å²) >= 11 is 11.9. The number of halogens is 2. The van der Waals surface area contributed by atoms with Crippen molar-refractivity contribution in [2.24, 2.45) is 5.92 Å². The first kappa shape index (κ1) is 18.4. The van der Waals surface area contributed by atoms with Gasteiger partial charge in [-0.15, -0.1) is 0 Å². The molecule has 3 rings (SSSR count). The molecule has 2 aromatic carbocycles. The molecule has 1 aliphatic rings. The lowest BCUT2D eigenvalue weighted by Gasteiger charge is -2.17. The van der Waals surface area contributed by atoms with E-state index in [0.717, 1.165) is 0 Å². The Hall–Kier alpha value is -2.37. The molecule has 1 N–H and O–H groups in total. The molecule has 0 bridgehead atoms. The van der Waals surface area contributed by atoms with Gasteiger partial charge < -0.3 is 10.2 Å². The number of nitrogens with zero attached hydrogens (tertiary/aromatic N) is 1. The van der Waals surface area contributed by atoms with Crippen molar-refractivity contribution in [2.45, 2.75) is 13.3 Å². The second-order valence-electron chi connectivity index (χ2n) is 6.16. The van der Waals surface area contributed by atoms with E-state index in [2.05, 4.69) is 5.32 Å². The van der Waals surface area contributed by atoms with Crippen LogP contribution in [0.1, 0.15) is 23.7 Å². The fourth-order valence-electron chi connectivity index (χ4n) is 2.88. The summed E-state index contributed by atoms with van der Waals surface area (Å²) < 4.78 is 0. The molecule has 5 nitrogen and oxygen atoms in total. The van der Waals surface area contributed by atoms with Gasteiger partial charge in [0.1, 0.15) is 0 Å². The number of Topliss-reactive ketones (excluding diaryl/α,β-unsaturated/α-hetero) is 1. The normalized spacial score (nSPS) is 16.7. The highest BCUT2D eigenvalue weighted by Gasteiger charge is 2.35. The molecule has 26 heavy (non-hydrogen) atoms. The fraction of sp³-hybridized carbons (Fsp3) is 0.211. The van der Waals surface area contributed by atoms with Crippen LogP contribution in [0, 0.1) is 5.92 Å². The van der Waals surface area contributed by atoms with Gasteiger partial charge in [-0.2, -0.15) is 0 Å². The maximum Gasteiger partial charge on any atom is 0.229 e. The molecule has 2 amide bonds. The van der Waals surface area contributed by atoms with Gasteiger partial charge in [0, 0.05) is 39.9 Å². The molecular weight excluding hydrogens is 375 g/mol. The van der Waals surface area contributed by atoms with E-state index in [1.165, 1.54) is 6.92 Å². The maximum absolute atomic E-state index is 12.5. The second kappa shape index (κ2) is 7.48. The Labute approximate surface area is 160 Å². The van der Waals surface area contributed by atoms with Crippen molar-refractivity contribution in [3.63, 3.8) is 0 Å². The molecule has 7 heteroatoms. The summed E-state index contributed by atoms with van der Waals surface area (Å²) in [4.78, 5) is 37.7. The minimum Gasteiger partial charge on any atom is -0.326 e. The average Bonchev–Trinajstić information content (AvgIpc) is 2.96. The van der Waals surface area contributed by atoms with Crippen molar-refractivity contribution in [1.82, 2.24) is 0 Å². The molecule has 1 aliphatic heterocycles. The molecule has 1 fully saturated rings. The number of nitrogens with one attached hydrogen (secondary N) is 1. The second-order valence-corrected chi connectivity index (χ2v) is 7.03. The van der Waals surface area contributed by atoms with E-state index in [1.54, 1.807) is 47.4 Å². The molecule has 0 aliphatic carbocycles. The molecule has 0 aromatic heterocycles. The van der Waals surface area contributed by atoms with E-state index in [1.807, 2.05) is 0 Å². The molecule has 134 valence electrons. The van der Waals surface area contributed by atoms with E-state index in [0.29, 0.717) is 27.0 Å². The molecule has 0 spiro atoms. The summed E-state index contributed by atoms with van der Waals surface area (Å²) in [5, 5.41) is 3.59. The molecule has 0 saturated carbocycles. The summed E-state index contributed by atoms with van der Waals surface area (Å²) in [5.41, 5.74) is 1.73. The summed E-state index contributed by atoms with van der Waals surface area (Å²) in [5.74, 6) is -0.918. The molecule has 1 atom stereocenters. The number of carbonyl (C=O) groups excluding carboxylic acids is 3. The molecule has 1 saturated heterocycles. The SMILES string of the molecule is CC(=O)c1ccc(N2CC(C(=O)Nc3cc(Cl)cc(Cl)c3)CC2=O)cc1. The fourth-order valence-corrected chi connectivity index (χ4v) is 3.41. The Bertz CT molecular complexity index is 861. The zero-order chi connectivity index (χ0) is 18.8. The Morgan fingerprint density at radius 2 is 1.69 bits per heavy atom. The van der Waals surface area contributed by atoms with E-state index < -0.39 is 5.92 Å². The number of hydrogen-bond donors (Lipinski definition) is 1. The minimum absolute atomic E-state index is 0.0401. The van der Waals surface area contributed by atoms with Gasteiger partial charge in [0.05, 0.1) is 5.92 Å². The quantitative estimate of drug-likeness (QED) is 0.795. The van der Waals surface area contributed by atoms with Crippen LogP contribution in [-0.2, 0) is 9.59 Å². The number of hydrogen-bond acceptors (Lipinski definition) is 3. The zero-order valence-corrected chi connectivity index (χ0v) is 15.5. The van der Waals surface area contributed by atoms with E-state index in [9.17, 15) is 14.4 Å². The summed E-state index contributed by atoms with van der Waals surface area (Å²) in [6.45, 7) is 1.76. The third kappa shape index (κ3) is 4.06. The third-order valence-corrected chi connectivity index (χ3v) is 4.65. The van der Waals surface area contributed by atoms with Gasteiger partial charge >= 0.3 is 0 Å². The van der Waals surface area contributed by atoms with Crippen molar-refractivity contribution in [3.05, 3.63) is 58.1 Å². The molecule has 1 heterocycles. The van der Waals surface area contributed by atoms with E-state index in [4.69, 9.17) is 23.2 Å². The van der Waals surface area contributed by atoms with Gasteiger partial charge in [-0.1, -0.05) is 23.2 Å². The summed E-state index contributed by atoms with van der Waals surface area (Å²) in [6.07, 6.45) is 0.120. The van der Waals surface area contributed by atoms with Crippen molar-refractivity contribution in [1.29, 1.82) is 0 Å². The lowest BCUT2D eigenvalue weighted by Crippen LogP contribution is -2.28. The van der Waals surface area contributed by atoms with Crippen LogP contribution in [0.25, 0.3) is 0 Å². The largest absolute Gasteiger partial charge is 0.326 e. The number of rotatable bonds is 4. The molecular formula is C19H16Cl2N2O3. The van der Waals surface area contributed by atoms with Gasteiger partial charge in [0.25, 0.3) is 0 Å². The number of amides is 2. The first-order chi connectivity index (χ1) is 12.3. The number of benzene rings is 2. The minimum atomic E-state index is -0.479. The zero-order valence-electron chi connectivity index (χ0n) is 14.0. The number of anilines is 2. The number of carbonyl (C=O) groups is 3. The summed E-state index contributed by atoms with van der Waals surface area (Å²) in [7, 11) is 0. The lowest BCUT2D eigenvalue weighted by atomic mass is 10.1. The average molecular weight is 391 g/mol. The van der Waals surface area contributed by atoms with Gasteiger partial charge in [-0.3, -0.25) is 14.4 Å². The predicted molar refractivity (Wildman–Crippen MR) is 102 cm³/mol. The van der Waals surface area contributed by atoms with Crippen molar-refractivity contribution in [3.8, 4) is 0 Å². The third-order valence-electron chi connectivity index (χ3n) is 4.21. The Balaban J connectivity index is 1.70. The van der Waals surface area contributed by atoms with Crippen molar-refractivity contribution in [2.75, 3.05) is 16.8 Å². The molecule has 2 aromatic rings. The smallest absolute Gasteiger partial charge is 0.229 e. The van der Waals surface area contributed by atoms with Gasteiger partial charge in [0.15, 0.2) is 5.78 Å². The first-order valence-electron chi connectivity index (χ1n) is 8.02. The van der Waals surface area contributed by atoms with Crippen LogP contribution in [0.15, 0.2) is 42.5 Å². The Kier molecular flexibility index (Phi) is 5.30. The molecule has 0 radical (unpaired) electrons. The van der Waals surface area contributed by atoms with Crippen LogP contribution in [0.2, 0.25) is 10.0 Å². The predicted octanol–water partition coefficient (Wildman–Crippen LogP) is 4.19. The van der Waals surface area contributed by atoms with Crippen LogP contribution in [0.4, 0.5) is 11.4 Å². The molecule has 1 unspecified atom stereocenters. The van der Waals surface area contributed by atoms with Gasteiger partial charge in [-0.25, -0.2) is 0 Å². The topological polar surface area (TPSA) is 66.5 Å². The highest BCUT2D eigenvalue weighted by Crippen LogP contribution is 2.28. The van der Waals surface area contributed by atoms with Crippen LogP contribution in [0.5, 0.6) is 0 Å². The highest BCUT2D eigenvalue weighted by atomic mass is 35.5. The van der Waals surface area contributed by atoms with Crippen LogP contribution in [-0.4, -0.2) is 24.1 Å². The van der Waals surface area contributed by atoms with Crippen LogP contribution < -0.4 is 10.2 Å². The maximum atomic E-state index is 12.5. The number of ketones is 1. The van der Waals surface area contributed by atoms with Gasteiger partial charge in [-0.05, 0) is 49.4 Å². The van der Waals surface area contributed by atoms with E-state index in [-0.39, 0.29) is 30.6 Å². The standard InChI is InChI=1S/C19H16Cl2N2O3/c1-11(24)12-2-4-17(5-3-12)23-10-13(6-18(23)25)19(26)22-16-8-14(20)7-15(21)9-16/h2-5,7-9,13H,6,10H2,1H3,(H,22,26). The lowest BCUT2D eigenvalue weighted by molar-refractivity contribution is -0.122. The van der Waals surface area contributed by atoms with Crippen molar-refractivity contribution >= 4 is 52.2 Å². The van der Waals surface area contributed by atoms with Gasteiger partial charge in [0.2, 0.25) is 11.8 Å². The van der Waals surface area contributed by atoms with Crippen LogP contribution >= 0.6 is 23.2 Å². The first-order valence-corrected chi connectivity index (χ1v) is 8.77. The van der Waals surface area contributed by atoms with E-state index >= 15 is 0 Å². The van der Waals surface area contributed by atoms with Crippen molar-refractivity contribution < 1.29 is 14.4 Å². The highest BCUT2D eigenvalue weighted by molar-refractivity contribution is 6.35. The Morgan fingerprint density at radius 1 is 1.08 bits per heavy atom. The van der Waals surface area contributed by atoms with Crippen LogP contribution in [0.3, 0.4) is 0 Å². The monoisotopic (exact) mass is 390 g/mol. The Morgan fingerprint density at radius 3 is 2.27 bits per heavy atom.